The van der Waals surface area contributed by atoms with E-state index in [4.69, 9.17) is 9.15 Å². The highest BCUT2D eigenvalue weighted by Gasteiger charge is 2.21. The summed E-state index contributed by atoms with van der Waals surface area (Å²) < 4.78 is 12.2. The van der Waals surface area contributed by atoms with Crippen molar-refractivity contribution in [3.63, 3.8) is 0 Å². The molecule has 4 rings (SSSR count). The minimum Gasteiger partial charge on any atom is -0.416 e. The van der Waals surface area contributed by atoms with E-state index in [0.29, 0.717) is 17.7 Å². The number of hydrogen-bond acceptors (Lipinski definition) is 4. The van der Waals surface area contributed by atoms with Gasteiger partial charge in [-0.2, -0.15) is 0 Å². The highest BCUT2D eigenvalue weighted by molar-refractivity contribution is 5.68. The zero-order valence-corrected chi connectivity index (χ0v) is 24.1. The number of rotatable bonds is 13. The van der Waals surface area contributed by atoms with Crippen LogP contribution in [0.4, 0.5) is 0 Å². The third-order valence-corrected chi connectivity index (χ3v) is 7.15. The summed E-state index contributed by atoms with van der Waals surface area (Å²) in [6, 6.07) is 24.9. The summed E-state index contributed by atoms with van der Waals surface area (Å²) in [5, 5.41) is 8.56. The fourth-order valence-corrected chi connectivity index (χ4v) is 4.96. The Morgan fingerprint density at radius 1 is 0.700 bits per heavy atom. The van der Waals surface area contributed by atoms with E-state index in [1.807, 2.05) is 54.6 Å². The molecule has 40 heavy (non-hydrogen) atoms. The lowest BCUT2D eigenvalue weighted by atomic mass is 9.80. The molecule has 4 nitrogen and oxygen atoms in total. The minimum atomic E-state index is -0.473. The van der Waals surface area contributed by atoms with E-state index in [9.17, 15) is 0 Å². The van der Waals surface area contributed by atoms with E-state index in [0.717, 1.165) is 35.1 Å². The van der Waals surface area contributed by atoms with E-state index in [1.165, 1.54) is 11.1 Å². The molecule has 0 aliphatic carbocycles. The second kappa shape index (κ2) is 12.9. The first-order valence-corrected chi connectivity index (χ1v) is 14.0. The second-order valence-electron chi connectivity index (χ2n) is 10.9. The molecule has 1 unspecified atom stereocenters. The fraction of sp³-hybridized carbons (Fsp3) is 0.278. The molecule has 0 aliphatic rings. The molecular weight excluding hydrogens is 492 g/mol. The lowest BCUT2D eigenvalue weighted by molar-refractivity contribution is -0.00269. The van der Waals surface area contributed by atoms with Gasteiger partial charge in [0.15, 0.2) is 0 Å². The maximum atomic E-state index is 6.17. The molecule has 4 aromatic rings. The first-order valence-electron chi connectivity index (χ1n) is 14.0. The summed E-state index contributed by atoms with van der Waals surface area (Å²) in [5.41, 5.74) is 5.88. The van der Waals surface area contributed by atoms with Gasteiger partial charge in [0, 0.05) is 16.5 Å². The number of benzene rings is 3. The highest BCUT2D eigenvalue weighted by atomic mass is 16.5. The van der Waals surface area contributed by atoms with E-state index < -0.39 is 5.41 Å². The van der Waals surface area contributed by atoms with Crippen molar-refractivity contribution < 1.29 is 9.15 Å². The molecule has 3 aromatic carbocycles. The Hall–Kier alpha value is -4.02. The second-order valence-corrected chi connectivity index (χ2v) is 10.9. The Morgan fingerprint density at radius 2 is 1.15 bits per heavy atom. The average Bonchev–Trinajstić information content (AvgIpc) is 3.45. The minimum absolute atomic E-state index is 0.231. The maximum Gasteiger partial charge on any atom is 0.248 e. The van der Waals surface area contributed by atoms with Crippen molar-refractivity contribution >= 4 is 0 Å². The molecule has 0 saturated carbocycles. The first-order chi connectivity index (χ1) is 19.3. The van der Waals surface area contributed by atoms with Crippen LogP contribution in [0.15, 0.2) is 115 Å². The fourth-order valence-electron chi connectivity index (χ4n) is 4.96. The topological polar surface area (TPSA) is 48.2 Å². The van der Waals surface area contributed by atoms with Crippen molar-refractivity contribution in [3.05, 3.63) is 122 Å². The molecule has 0 saturated heterocycles. The van der Waals surface area contributed by atoms with E-state index in [2.05, 4.69) is 94.0 Å². The van der Waals surface area contributed by atoms with E-state index in [1.54, 1.807) is 0 Å². The molecule has 4 heteroatoms. The molecular formula is C36H40N2O2. The van der Waals surface area contributed by atoms with E-state index in [-0.39, 0.29) is 12.2 Å². The van der Waals surface area contributed by atoms with Crippen LogP contribution < -0.4 is 0 Å². The molecule has 0 bridgehead atoms. The standard InChI is InChI=1S/C36H40N2O2/c1-8-36(9-2,10-3)32-21-19-31(20-22-32)35-38-37-34(40-35)30-17-15-29(16-18-30)28-13-11-27(12-14-28)24-33(23-25(4)5)39-26(6)7/h8-22,25-26,33H,1-3,23-24H2,4-7H3. The van der Waals surface area contributed by atoms with Gasteiger partial charge in [-0.05, 0) is 79.1 Å². The van der Waals surface area contributed by atoms with Crippen LogP contribution in [0.3, 0.4) is 0 Å². The van der Waals surface area contributed by atoms with Gasteiger partial charge in [0.25, 0.3) is 0 Å². The van der Waals surface area contributed by atoms with Gasteiger partial charge in [0.05, 0.1) is 12.2 Å². The van der Waals surface area contributed by atoms with Crippen LogP contribution in [0.25, 0.3) is 34.0 Å². The molecule has 0 radical (unpaired) electrons. The molecule has 206 valence electrons. The van der Waals surface area contributed by atoms with Crippen LogP contribution >= 0.6 is 0 Å². The molecule has 0 N–H and O–H groups in total. The molecule has 1 aromatic heterocycles. The first kappa shape index (κ1) is 29.0. The van der Waals surface area contributed by atoms with Gasteiger partial charge < -0.3 is 9.15 Å². The largest absolute Gasteiger partial charge is 0.416 e. The maximum absolute atomic E-state index is 6.17. The lowest BCUT2D eigenvalue weighted by Crippen LogP contribution is -2.22. The van der Waals surface area contributed by atoms with Crippen LogP contribution in [0.5, 0.6) is 0 Å². The van der Waals surface area contributed by atoms with Gasteiger partial charge in [0.1, 0.15) is 0 Å². The SMILES string of the molecule is C=CC(C=C)(C=C)c1ccc(-c2nnc(-c3ccc(-c4ccc(CC(CC(C)C)OC(C)C)cc4)cc3)o2)cc1. The Morgan fingerprint density at radius 3 is 1.60 bits per heavy atom. The quantitative estimate of drug-likeness (QED) is 0.161. The number of allylic oxidation sites excluding steroid dienone is 3. The number of hydrogen-bond donors (Lipinski definition) is 0. The Balaban J connectivity index is 1.45. The Labute approximate surface area is 239 Å². The van der Waals surface area contributed by atoms with Gasteiger partial charge in [0.2, 0.25) is 11.8 Å². The lowest BCUT2D eigenvalue weighted by Gasteiger charge is -2.23. The van der Waals surface area contributed by atoms with Gasteiger partial charge in [-0.3, -0.25) is 0 Å². The number of aromatic nitrogens is 2. The molecule has 0 amide bonds. The third-order valence-electron chi connectivity index (χ3n) is 7.15. The molecule has 0 aliphatic heterocycles. The molecule has 1 atom stereocenters. The van der Waals surface area contributed by atoms with Crippen LogP contribution in [0.1, 0.15) is 45.2 Å². The van der Waals surface area contributed by atoms with Crippen LogP contribution in [-0.4, -0.2) is 22.4 Å². The summed E-state index contributed by atoms with van der Waals surface area (Å²) in [5.74, 6) is 1.56. The van der Waals surface area contributed by atoms with Crippen LogP contribution in [0, 0.1) is 5.92 Å². The highest BCUT2D eigenvalue weighted by Crippen LogP contribution is 2.31. The summed E-state index contributed by atoms with van der Waals surface area (Å²) in [7, 11) is 0. The Kier molecular flexibility index (Phi) is 9.34. The summed E-state index contributed by atoms with van der Waals surface area (Å²) in [6.07, 6.45) is 7.95. The van der Waals surface area contributed by atoms with Crippen molar-refractivity contribution in [3.8, 4) is 34.0 Å². The zero-order chi connectivity index (χ0) is 28.7. The average molecular weight is 533 g/mol. The summed E-state index contributed by atoms with van der Waals surface area (Å²) >= 11 is 0. The van der Waals surface area contributed by atoms with Crippen molar-refractivity contribution in [2.24, 2.45) is 5.92 Å². The molecule has 1 heterocycles. The van der Waals surface area contributed by atoms with Crippen LogP contribution in [-0.2, 0) is 16.6 Å². The smallest absolute Gasteiger partial charge is 0.248 e. The van der Waals surface area contributed by atoms with Gasteiger partial charge in [-0.15, -0.1) is 29.9 Å². The van der Waals surface area contributed by atoms with Crippen molar-refractivity contribution in [1.29, 1.82) is 0 Å². The van der Waals surface area contributed by atoms with Gasteiger partial charge in [-0.1, -0.05) is 80.6 Å². The number of ether oxygens (including phenoxy) is 1. The predicted octanol–water partition coefficient (Wildman–Crippen LogP) is 9.25. The normalized spacial score (nSPS) is 12.4. The van der Waals surface area contributed by atoms with Crippen LogP contribution in [0.2, 0.25) is 0 Å². The van der Waals surface area contributed by atoms with Crippen molar-refractivity contribution in [2.45, 2.75) is 58.2 Å². The molecule has 0 spiro atoms. The predicted molar refractivity (Wildman–Crippen MR) is 166 cm³/mol. The van der Waals surface area contributed by atoms with E-state index >= 15 is 0 Å². The zero-order valence-electron chi connectivity index (χ0n) is 24.1. The molecule has 0 fully saturated rings. The number of nitrogens with zero attached hydrogens (tertiary/aromatic N) is 2. The van der Waals surface area contributed by atoms with Crippen molar-refractivity contribution in [1.82, 2.24) is 10.2 Å². The third kappa shape index (κ3) is 6.75. The van der Waals surface area contributed by atoms with Gasteiger partial charge in [-0.25, -0.2) is 0 Å². The monoisotopic (exact) mass is 532 g/mol. The van der Waals surface area contributed by atoms with Gasteiger partial charge >= 0.3 is 0 Å². The van der Waals surface area contributed by atoms with Crippen molar-refractivity contribution in [2.75, 3.05) is 0 Å². The Bertz CT molecular complexity index is 1380. The summed E-state index contributed by atoms with van der Waals surface area (Å²) in [4.78, 5) is 0. The summed E-state index contributed by atoms with van der Waals surface area (Å²) in [6.45, 7) is 20.5.